The lowest BCUT2D eigenvalue weighted by molar-refractivity contribution is 0.193. The molecule has 0 radical (unpaired) electrons. The Morgan fingerprint density at radius 3 is 2.65 bits per heavy atom. The molecule has 2 fully saturated rings. The molecule has 3 rings (SSSR count). The smallest absolute Gasteiger partial charge is 0.0671 e. The second-order valence-electron chi connectivity index (χ2n) is 4.99. The summed E-state index contributed by atoms with van der Waals surface area (Å²) in [5.41, 5.74) is 8.43. The van der Waals surface area contributed by atoms with E-state index in [1.807, 2.05) is 0 Å². The molecule has 1 atom stereocenters. The Balaban J connectivity index is 1.91. The van der Waals surface area contributed by atoms with Crippen molar-refractivity contribution in [2.75, 3.05) is 18.1 Å². The summed E-state index contributed by atoms with van der Waals surface area (Å²) in [5.74, 6) is 0. The average Bonchev–Trinajstić information content (AvgIpc) is 3.05. The maximum absolute atomic E-state index is 5.85. The van der Waals surface area contributed by atoms with Crippen molar-refractivity contribution in [2.24, 2.45) is 5.73 Å². The molecule has 0 bridgehead atoms. The van der Waals surface area contributed by atoms with Gasteiger partial charge in [0.25, 0.3) is 0 Å². The van der Waals surface area contributed by atoms with Gasteiger partial charge in [-0.25, -0.2) is 0 Å². The van der Waals surface area contributed by atoms with Crippen LogP contribution in [0.4, 0.5) is 5.69 Å². The first kappa shape index (κ1) is 11.1. The molecule has 1 aliphatic heterocycles. The van der Waals surface area contributed by atoms with E-state index in [4.69, 9.17) is 10.5 Å². The molecule has 1 aromatic carbocycles. The number of ether oxygens (including phenoxy) is 1. The lowest BCUT2D eigenvalue weighted by Crippen LogP contribution is -2.38. The van der Waals surface area contributed by atoms with Crippen molar-refractivity contribution in [3.05, 3.63) is 29.8 Å². The van der Waals surface area contributed by atoms with Crippen molar-refractivity contribution in [3.63, 3.8) is 0 Å². The first-order chi connectivity index (χ1) is 8.40. The van der Waals surface area contributed by atoms with Crippen LogP contribution >= 0.6 is 0 Å². The SMILES string of the molecule is NCc1ccccc1N(C1CC1)C1CCOC1. The molecule has 92 valence electrons. The topological polar surface area (TPSA) is 38.5 Å². The zero-order valence-corrected chi connectivity index (χ0v) is 10.1. The van der Waals surface area contributed by atoms with E-state index in [1.165, 1.54) is 24.1 Å². The maximum atomic E-state index is 5.85. The highest BCUT2D eigenvalue weighted by Crippen LogP contribution is 2.37. The molecule has 2 N–H and O–H groups in total. The molecule has 1 heterocycles. The fourth-order valence-electron chi connectivity index (χ4n) is 2.72. The molecule has 1 aromatic rings. The first-order valence-electron chi connectivity index (χ1n) is 6.54. The van der Waals surface area contributed by atoms with E-state index < -0.39 is 0 Å². The molecule has 1 unspecified atom stereocenters. The van der Waals surface area contributed by atoms with Crippen molar-refractivity contribution < 1.29 is 4.74 Å². The number of rotatable bonds is 4. The van der Waals surface area contributed by atoms with E-state index >= 15 is 0 Å². The van der Waals surface area contributed by atoms with Crippen LogP contribution in [0.15, 0.2) is 24.3 Å². The number of nitrogens with two attached hydrogens (primary N) is 1. The van der Waals surface area contributed by atoms with Gasteiger partial charge in [-0.15, -0.1) is 0 Å². The van der Waals surface area contributed by atoms with Crippen molar-refractivity contribution in [2.45, 2.75) is 37.9 Å². The normalized spacial score (nSPS) is 23.9. The molecule has 0 amide bonds. The molecule has 3 nitrogen and oxygen atoms in total. The number of hydrogen-bond acceptors (Lipinski definition) is 3. The summed E-state index contributed by atoms with van der Waals surface area (Å²) in [7, 11) is 0. The predicted molar refractivity (Wildman–Crippen MR) is 69.1 cm³/mol. The summed E-state index contributed by atoms with van der Waals surface area (Å²) in [5, 5.41) is 0. The standard InChI is InChI=1S/C14H20N2O/c15-9-11-3-1-2-4-14(11)16(12-5-6-12)13-7-8-17-10-13/h1-4,12-13H,5-10,15H2. The average molecular weight is 232 g/mol. The molecule has 0 spiro atoms. The molecule has 1 saturated heterocycles. The third kappa shape index (κ3) is 2.17. The van der Waals surface area contributed by atoms with Gasteiger partial charge in [0.2, 0.25) is 0 Å². The van der Waals surface area contributed by atoms with Gasteiger partial charge in [0.15, 0.2) is 0 Å². The van der Waals surface area contributed by atoms with Crippen molar-refractivity contribution in [3.8, 4) is 0 Å². The number of anilines is 1. The van der Waals surface area contributed by atoms with Gasteiger partial charge in [-0.1, -0.05) is 18.2 Å². The van der Waals surface area contributed by atoms with Crippen LogP contribution in [0, 0.1) is 0 Å². The highest BCUT2D eigenvalue weighted by molar-refractivity contribution is 5.56. The van der Waals surface area contributed by atoms with Crippen molar-refractivity contribution in [1.82, 2.24) is 0 Å². The Hall–Kier alpha value is -1.06. The minimum atomic E-state index is 0.551. The van der Waals surface area contributed by atoms with Crippen LogP contribution in [0.5, 0.6) is 0 Å². The van der Waals surface area contributed by atoms with Gasteiger partial charge in [0.1, 0.15) is 0 Å². The minimum Gasteiger partial charge on any atom is -0.379 e. The predicted octanol–water partition coefficient (Wildman–Crippen LogP) is 1.90. The van der Waals surface area contributed by atoms with Crippen molar-refractivity contribution >= 4 is 5.69 Å². The molecule has 1 aliphatic carbocycles. The van der Waals surface area contributed by atoms with Crippen LogP contribution < -0.4 is 10.6 Å². The zero-order chi connectivity index (χ0) is 11.7. The molecule has 0 aromatic heterocycles. The molecular weight excluding hydrogens is 212 g/mol. The highest BCUT2D eigenvalue weighted by atomic mass is 16.5. The number of hydrogen-bond donors (Lipinski definition) is 1. The van der Waals surface area contributed by atoms with Gasteiger partial charge in [-0.3, -0.25) is 0 Å². The Morgan fingerprint density at radius 2 is 2.00 bits per heavy atom. The molecule has 1 saturated carbocycles. The molecule has 3 heteroatoms. The zero-order valence-electron chi connectivity index (χ0n) is 10.1. The van der Waals surface area contributed by atoms with Gasteiger partial charge < -0.3 is 15.4 Å². The maximum Gasteiger partial charge on any atom is 0.0671 e. The fourth-order valence-corrected chi connectivity index (χ4v) is 2.72. The molecular formula is C14H20N2O. The second kappa shape index (κ2) is 4.67. The first-order valence-corrected chi connectivity index (χ1v) is 6.54. The van der Waals surface area contributed by atoms with Gasteiger partial charge in [0, 0.05) is 24.9 Å². The monoisotopic (exact) mass is 232 g/mol. The van der Waals surface area contributed by atoms with Crippen LogP contribution in [0.3, 0.4) is 0 Å². The number of para-hydroxylation sites is 1. The largest absolute Gasteiger partial charge is 0.379 e. The summed E-state index contributed by atoms with van der Waals surface area (Å²) < 4.78 is 5.54. The van der Waals surface area contributed by atoms with Gasteiger partial charge in [-0.05, 0) is 30.9 Å². The lowest BCUT2D eigenvalue weighted by atomic mass is 10.1. The lowest BCUT2D eigenvalue weighted by Gasteiger charge is -2.32. The van der Waals surface area contributed by atoms with E-state index in [2.05, 4.69) is 29.2 Å². The van der Waals surface area contributed by atoms with E-state index in [0.717, 1.165) is 25.7 Å². The fraction of sp³-hybridized carbons (Fsp3) is 0.571. The van der Waals surface area contributed by atoms with Crippen LogP contribution in [0.2, 0.25) is 0 Å². The van der Waals surface area contributed by atoms with Gasteiger partial charge >= 0.3 is 0 Å². The molecule has 17 heavy (non-hydrogen) atoms. The van der Waals surface area contributed by atoms with E-state index in [1.54, 1.807) is 0 Å². The summed E-state index contributed by atoms with van der Waals surface area (Å²) in [6.45, 7) is 2.39. The quantitative estimate of drug-likeness (QED) is 0.861. The number of benzene rings is 1. The van der Waals surface area contributed by atoms with E-state index in [9.17, 15) is 0 Å². The highest BCUT2D eigenvalue weighted by Gasteiger charge is 2.36. The summed E-state index contributed by atoms with van der Waals surface area (Å²) in [4.78, 5) is 2.56. The van der Waals surface area contributed by atoms with Crippen LogP contribution in [-0.2, 0) is 11.3 Å². The van der Waals surface area contributed by atoms with Gasteiger partial charge in [-0.2, -0.15) is 0 Å². The Labute approximate surface area is 103 Å². The number of nitrogens with zero attached hydrogens (tertiary/aromatic N) is 1. The van der Waals surface area contributed by atoms with E-state index in [0.29, 0.717) is 12.6 Å². The van der Waals surface area contributed by atoms with Crippen molar-refractivity contribution in [1.29, 1.82) is 0 Å². The third-order valence-corrected chi connectivity index (χ3v) is 3.73. The molecule has 2 aliphatic rings. The minimum absolute atomic E-state index is 0.551. The van der Waals surface area contributed by atoms with E-state index in [-0.39, 0.29) is 0 Å². The van der Waals surface area contributed by atoms with Crippen LogP contribution in [0.25, 0.3) is 0 Å². The van der Waals surface area contributed by atoms with Crippen LogP contribution in [0.1, 0.15) is 24.8 Å². The van der Waals surface area contributed by atoms with Crippen LogP contribution in [-0.4, -0.2) is 25.3 Å². The van der Waals surface area contributed by atoms with Gasteiger partial charge in [0.05, 0.1) is 12.6 Å². The Morgan fingerprint density at radius 1 is 1.18 bits per heavy atom. The summed E-state index contributed by atoms with van der Waals surface area (Å²) >= 11 is 0. The summed E-state index contributed by atoms with van der Waals surface area (Å²) in [6.07, 6.45) is 3.78. The second-order valence-corrected chi connectivity index (χ2v) is 4.99. The Kier molecular flexibility index (Phi) is 3.04. The third-order valence-electron chi connectivity index (χ3n) is 3.73. The Bertz CT molecular complexity index is 384. The summed E-state index contributed by atoms with van der Waals surface area (Å²) in [6, 6.07) is 9.80.